The molecule has 11 heteroatoms. The Labute approximate surface area is 171 Å². The number of alkyl halides is 3. The number of nitro groups is 1. The summed E-state index contributed by atoms with van der Waals surface area (Å²) in [6, 6.07) is 9.62. The molecule has 1 N–H and O–H groups in total. The zero-order valence-electron chi connectivity index (χ0n) is 14.1. The first-order chi connectivity index (χ1) is 13.6. The normalized spacial score (nSPS) is 11.3. The first-order valence-electron chi connectivity index (χ1n) is 7.78. The van der Waals surface area contributed by atoms with Crippen molar-refractivity contribution in [2.45, 2.75) is 6.18 Å². The summed E-state index contributed by atoms with van der Waals surface area (Å²) in [6.07, 6.45) is -4.96. The monoisotopic (exact) mass is 444 g/mol. The van der Waals surface area contributed by atoms with Gasteiger partial charge in [0.25, 0.3) is 11.6 Å². The van der Waals surface area contributed by atoms with Crippen molar-refractivity contribution in [1.29, 1.82) is 0 Å². The molecule has 0 aliphatic heterocycles. The number of nitrogens with one attached hydrogen (secondary N) is 1. The largest absolute Gasteiger partial charge is 0.451 e. The highest BCUT2D eigenvalue weighted by Gasteiger charge is 2.38. The van der Waals surface area contributed by atoms with Crippen molar-refractivity contribution in [3.63, 3.8) is 0 Å². The summed E-state index contributed by atoms with van der Waals surface area (Å²) in [6.45, 7) is 0. The molecule has 6 nitrogen and oxygen atoms in total. The van der Waals surface area contributed by atoms with Crippen LogP contribution in [0.1, 0.15) is 16.1 Å². The number of hydrogen-bond acceptors (Lipinski definition) is 4. The number of carbonyl (C=O) groups excluding carboxylic acids is 1. The van der Waals surface area contributed by atoms with Gasteiger partial charge in [0.05, 0.1) is 15.0 Å². The van der Waals surface area contributed by atoms with E-state index in [0.717, 1.165) is 6.07 Å². The molecule has 29 heavy (non-hydrogen) atoms. The van der Waals surface area contributed by atoms with Gasteiger partial charge in [-0.3, -0.25) is 14.9 Å². The van der Waals surface area contributed by atoms with Crippen LogP contribution in [0.3, 0.4) is 0 Å². The van der Waals surface area contributed by atoms with Gasteiger partial charge < -0.3 is 9.73 Å². The molecule has 0 spiro atoms. The summed E-state index contributed by atoms with van der Waals surface area (Å²) >= 11 is 11.8. The van der Waals surface area contributed by atoms with Crippen LogP contribution in [0.15, 0.2) is 52.9 Å². The van der Waals surface area contributed by atoms with Crippen molar-refractivity contribution in [2.24, 2.45) is 0 Å². The molecule has 0 saturated carbocycles. The quantitative estimate of drug-likeness (QED) is 0.370. The molecule has 0 aliphatic rings. The molecular formula is C18H9Cl2F3N2O4. The van der Waals surface area contributed by atoms with Crippen LogP contribution in [0.25, 0.3) is 11.3 Å². The lowest BCUT2D eigenvalue weighted by molar-refractivity contribution is -0.388. The summed E-state index contributed by atoms with van der Waals surface area (Å²) in [7, 11) is 0. The second-order valence-corrected chi connectivity index (χ2v) is 6.55. The van der Waals surface area contributed by atoms with E-state index >= 15 is 0 Å². The SMILES string of the molecule is O=C(Nc1ccc([N+](=O)[O-])c(C(F)(F)F)c1)c1ccc(-c2ccc(Cl)c(Cl)c2)o1. The maximum Gasteiger partial charge on any atom is 0.423 e. The molecule has 0 radical (unpaired) electrons. The molecule has 0 bridgehead atoms. The molecule has 2 aromatic carbocycles. The fourth-order valence-electron chi connectivity index (χ4n) is 2.46. The third-order valence-corrected chi connectivity index (χ3v) is 4.53. The maximum absolute atomic E-state index is 13.0. The lowest BCUT2D eigenvalue weighted by Crippen LogP contribution is -2.13. The van der Waals surface area contributed by atoms with E-state index in [1.54, 1.807) is 6.07 Å². The fraction of sp³-hybridized carbons (Fsp3) is 0.0556. The number of carbonyl (C=O) groups is 1. The van der Waals surface area contributed by atoms with Gasteiger partial charge in [0.1, 0.15) is 11.3 Å². The van der Waals surface area contributed by atoms with Crippen LogP contribution in [0.2, 0.25) is 10.0 Å². The zero-order chi connectivity index (χ0) is 21.3. The van der Waals surface area contributed by atoms with E-state index in [1.165, 1.54) is 24.3 Å². The second kappa shape index (κ2) is 7.76. The number of furan rings is 1. The van der Waals surface area contributed by atoms with E-state index in [-0.39, 0.29) is 22.2 Å². The Morgan fingerprint density at radius 3 is 2.38 bits per heavy atom. The Morgan fingerprint density at radius 2 is 1.76 bits per heavy atom. The van der Waals surface area contributed by atoms with E-state index in [9.17, 15) is 28.1 Å². The standard InChI is InChI=1S/C18H9Cl2F3N2O4/c19-12-3-1-9(7-13(12)20)15-5-6-16(29-15)17(26)24-10-2-4-14(25(27)28)11(8-10)18(21,22)23/h1-8H,(H,24,26). The van der Waals surface area contributed by atoms with Gasteiger partial charge in [-0.25, -0.2) is 0 Å². The van der Waals surface area contributed by atoms with Crippen molar-refractivity contribution < 1.29 is 27.3 Å². The van der Waals surface area contributed by atoms with Crippen molar-refractivity contribution in [1.82, 2.24) is 0 Å². The van der Waals surface area contributed by atoms with Crippen LogP contribution in [0, 0.1) is 10.1 Å². The van der Waals surface area contributed by atoms with Gasteiger partial charge in [-0.15, -0.1) is 0 Å². The van der Waals surface area contributed by atoms with Crippen molar-refractivity contribution in [2.75, 3.05) is 5.32 Å². The number of nitrogens with zero attached hydrogens (tertiary/aromatic N) is 1. The summed E-state index contributed by atoms with van der Waals surface area (Å²) in [4.78, 5) is 21.9. The van der Waals surface area contributed by atoms with Gasteiger partial charge in [0, 0.05) is 17.3 Å². The predicted octanol–water partition coefficient (Wildman–Crippen LogP) is 6.43. The van der Waals surface area contributed by atoms with E-state index in [4.69, 9.17) is 27.6 Å². The van der Waals surface area contributed by atoms with Crippen molar-refractivity contribution >= 4 is 40.5 Å². The van der Waals surface area contributed by atoms with Crippen LogP contribution < -0.4 is 5.32 Å². The van der Waals surface area contributed by atoms with Gasteiger partial charge >= 0.3 is 6.18 Å². The Balaban J connectivity index is 1.85. The molecule has 0 aliphatic carbocycles. The van der Waals surface area contributed by atoms with Crippen molar-refractivity contribution in [3.05, 3.63) is 80.0 Å². The molecule has 0 saturated heterocycles. The maximum atomic E-state index is 13.0. The Hall–Kier alpha value is -3.04. The molecule has 1 aromatic heterocycles. The van der Waals surface area contributed by atoms with E-state index in [0.29, 0.717) is 22.7 Å². The summed E-state index contributed by atoms with van der Waals surface area (Å²) in [5.41, 5.74) is -2.33. The number of hydrogen-bond donors (Lipinski definition) is 1. The smallest absolute Gasteiger partial charge is 0.423 e. The van der Waals surface area contributed by atoms with Crippen LogP contribution in [0.4, 0.5) is 24.5 Å². The molecule has 3 aromatic rings. The zero-order valence-corrected chi connectivity index (χ0v) is 15.6. The molecule has 1 amide bonds. The highest BCUT2D eigenvalue weighted by Crippen LogP contribution is 2.37. The highest BCUT2D eigenvalue weighted by atomic mass is 35.5. The van der Waals surface area contributed by atoms with Gasteiger partial charge in [-0.2, -0.15) is 13.2 Å². The van der Waals surface area contributed by atoms with Gasteiger partial charge in [-0.05, 0) is 42.5 Å². The lowest BCUT2D eigenvalue weighted by Gasteiger charge is -2.10. The number of rotatable bonds is 4. The minimum Gasteiger partial charge on any atom is -0.451 e. The number of nitro benzene ring substituents is 1. The van der Waals surface area contributed by atoms with Crippen LogP contribution in [0.5, 0.6) is 0 Å². The lowest BCUT2D eigenvalue weighted by atomic mass is 10.1. The minimum atomic E-state index is -4.96. The number of halogens is 5. The molecule has 0 fully saturated rings. The summed E-state index contributed by atoms with van der Waals surface area (Å²) in [5, 5.41) is 13.6. The van der Waals surface area contributed by atoms with Gasteiger partial charge in [0.2, 0.25) is 0 Å². The predicted molar refractivity (Wildman–Crippen MR) is 100 cm³/mol. The Kier molecular flexibility index (Phi) is 5.54. The van der Waals surface area contributed by atoms with Crippen molar-refractivity contribution in [3.8, 4) is 11.3 Å². The number of anilines is 1. The molecule has 150 valence electrons. The molecule has 0 unspecified atom stereocenters. The summed E-state index contributed by atoms with van der Waals surface area (Å²) in [5.74, 6) is -0.732. The van der Waals surface area contributed by atoms with Gasteiger partial charge in [-0.1, -0.05) is 23.2 Å². The van der Waals surface area contributed by atoms with Crippen LogP contribution in [-0.4, -0.2) is 10.8 Å². The third kappa shape index (κ3) is 4.52. The van der Waals surface area contributed by atoms with Gasteiger partial charge in [0.15, 0.2) is 5.76 Å². The third-order valence-electron chi connectivity index (χ3n) is 3.79. The highest BCUT2D eigenvalue weighted by molar-refractivity contribution is 6.42. The molecular weight excluding hydrogens is 436 g/mol. The number of benzene rings is 2. The first-order valence-corrected chi connectivity index (χ1v) is 8.54. The molecule has 1 heterocycles. The number of amides is 1. The summed E-state index contributed by atoms with van der Waals surface area (Å²) < 4.78 is 44.5. The fourth-order valence-corrected chi connectivity index (χ4v) is 2.76. The Bertz CT molecular complexity index is 1110. The second-order valence-electron chi connectivity index (χ2n) is 5.73. The van der Waals surface area contributed by atoms with Crippen LogP contribution >= 0.6 is 23.2 Å². The molecule has 0 atom stereocenters. The van der Waals surface area contributed by atoms with Crippen LogP contribution in [-0.2, 0) is 6.18 Å². The first kappa shape index (κ1) is 20.7. The van der Waals surface area contributed by atoms with E-state index < -0.39 is 28.3 Å². The Morgan fingerprint density at radius 1 is 1.03 bits per heavy atom. The molecule has 3 rings (SSSR count). The van der Waals surface area contributed by atoms with E-state index in [2.05, 4.69) is 5.32 Å². The van der Waals surface area contributed by atoms with E-state index in [1.807, 2.05) is 0 Å². The topological polar surface area (TPSA) is 85.4 Å². The average Bonchev–Trinajstić information content (AvgIpc) is 3.13. The average molecular weight is 445 g/mol. The minimum absolute atomic E-state index is 0.182.